The molecule has 146 valence electrons. The van der Waals surface area contributed by atoms with Crippen LogP contribution in [-0.4, -0.2) is 40.0 Å². The third-order valence-electron chi connectivity index (χ3n) is 4.70. The van der Waals surface area contributed by atoms with E-state index < -0.39 is 30.1 Å². The van der Waals surface area contributed by atoms with E-state index in [1.807, 2.05) is 13.8 Å². The van der Waals surface area contributed by atoms with Gasteiger partial charge in [-0.25, -0.2) is 4.39 Å². The van der Waals surface area contributed by atoms with Gasteiger partial charge in [0, 0.05) is 18.5 Å². The molecule has 3 atom stereocenters. The second-order valence-corrected chi connectivity index (χ2v) is 7.12. The van der Waals surface area contributed by atoms with Crippen LogP contribution in [0.25, 0.3) is 0 Å². The maximum atomic E-state index is 13.2. The van der Waals surface area contributed by atoms with Gasteiger partial charge in [-0.15, -0.1) is 0 Å². The lowest BCUT2D eigenvalue weighted by molar-refractivity contribution is -0.139. The highest BCUT2D eigenvalue weighted by Crippen LogP contribution is 2.36. The fraction of sp³-hybridized carbons (Fsp3) is 0.450. The minimum absolute atomic E-state index is 0.0180. The molecule has 1 aliphatic heterocycles. The number of nitrogens with zero attached hydrogens (tertiary/aromatic N) is 1. The molecule has 7 heteroatoms. The van der Waals surface area contributed by atoms with Gasteiger partial charge in [-0.1, -0.05) is 19.9 Å². The van der Waals surface area contributed by atoms with E-state index in [2.05, 4.69) is 0 Å². The second kappa shape index (κ2) is 8.90. The Morgan fingerprint density at radius 3 is 2.44 bits per heavy atom. The van der Waals surface area contributed by atoms with Gasteiger partial charge in [0.25, 0.3) is 0 Å². The molecule has 1 amide bonds. The highest BCUT2D eigenvalue weighted by atomic mass is 19.1. The van der Waals surface area contributed by atoms with Crippen molar-refractivity contribution in [2.75, 3.05) is 4.90 Å². The van der Waals surface area contributed by atoms with Gasteiger partial charge in [0.05, 0.1) is 18.6 Å². The van der Waals surface area contributed by atoms with Crippen LogP contribution in [-0.2, 0) is 14.4 Å². The van der Waals surface area contributed by atoms with Crippen LogP contribution in [0.1, 0.15) is 33.1 Å². The van der Waals surface area contributed by atoms with Gasteiger partial charge in [0.1, 0.15) is 5.82 Å². The number of hydrogen-bond acceptors (Lipinski definition) is 4. The zero-order valence-electron chi connectivity index (χ0n) is 15.3. The first kappa shape index (κ1) is 20.8. The quantitative estimate of drug-likeness (QED) is 0.679. The molecule has 1 heterocycles. The summed E-state index contributed by atoms with van der Waals surface area (Å²) in [6.07, 6.45) is 1.18. The Morgan fingerprint density at radius 1 is 1.26 bits per heavy atom. The lowest BCUT2D eigenvalue weighted by atomic mass is 9.88. The van der Waals surface area contributed by atoms with E-state index >= 15 is 0 Å². The number of halogens is 1. The summed E-state index contributed by atoms with van der Waals surface area (Å²) in [5.41, 5.74) is 0.553. The number of anilines is 1. The zero-order valence-corrected chi connectivity index (χ0v) is 15.3. The molecule has 6 nitrogen and oxygen atoms in total. The van der Waals surface area contributed by atoms with Crippen LogP contribution in [0.3, 0.4) is 0 Å². The number of aliphatic carboxylic acids is 1. The number of benzene rings is 1. The molecule has 2 N–H and O–H groups in total. The molecule has 0 saturated carbocycles. The predicted octanol–water partition coefficient (Wildman–Crippen LogP) is 2.55. The summed E-state index contributed by atoms with van der Waals surface area (Å²) in [6.45, 7) is 3.98. The summed E-state index contributed by atoms with van der Waals surface area (Å²) in [6, 6.07) is 5.23. The van der Waals surface area contributed by atoms with Crippen LogP contribution in [0.5, 0.6) is 0 Å². The number of hydrogen-bond donors (Lipinski definition) is 2. The van der Waals surface area contributed by atoms with E-state index in [4.69, 9.17) is 5.11 Å². The normalized spacial score (nSPS) is 21.2. The van der Waals surface area contributed by atoms with Gasteiger partial charge < -0.3 is 15.1 Å². The lowest BCUT2D eigenvalue weighted by Gasteiger charge is -2.27. The molecular weight excluding hydrogens is 353 g/mol. The third-order valence-corrected chi connectivity index (χ3v) is 4.70. The number of amides is 1. The maximum absolute atomic E-state index is 13.2. The molecule has 1 saturated heterocycles. The van der Waals surface area contributed by atoms with Crippen molar-refractivity contribution in [2.24, 2.45) is 11.8 Å². The highest BCUT2D eigenvalue weighted by Gasteiger charge is 2.40. The van der Waals surface area contributed by atoms with Crippen LogP contribution in [0.4, 0.5) is 10.1 Å². The minimum atomic E-state index is -1.25. The summed E-state index contributed by atoms with van der Waals surface area (Å²) in [5, 5.41) is 18.2. The van der Waals surface area contributed by atoms with Crippen molar-refractivity contribution in [3.05, 3.63) is 42.2 Å². The van der Waals surface area contributed by atoms with E-state index in [9.17, 15) is 23.9 Å². The van der Waals surface area contributed by atoms with E-state index in [1.165, 1.54) is 30.3 Å². The topological polar surface area (TPSA) is 94.9 Å². The predicted molar refractivity (Wildman–Crippen MR) is 97.6 cm³/mol. The average Bonchev–Trinajstić information content (AvgIpc) is 2.89. The Bertz CT molecular complexity index is 728. The summed E-state index contributed by atoms with van der Waals surface area (Å²) in [7, 11) is 0. The molecule has 0 bridgehead atoms. The second-order valence-electron chi connectivity index (χ2n) is 7.12. The Morgan fingerprint density at radius 2 is 1.89 bits per heavy atom. The molecule has 1 fully saturated rings. The van der Waals surface area contributed by atoms with Crippen LogP contribution in [0.15, 0.2) is 36.4 Å². The van der Waals surface area contributed by atoms with Crippen molar-refractivity contribution in [1.29, 1.82) is 0 Å². The van der Waals surface area contributed by atoms with Gasteiger partial charge in [0.2, 0.25) is 5.91 Å². The molecule has 2 rings (SSSR count). The van der Waals surface area contributed by atoms with Gasteiger partial charge in [-0.2, -0.15) is 0 Å². The summed E-state index contributed by atoms with van der Waals surface area (Å²) >= 11 is 0. The van der Waals surface area contributed by atoms with Crippen LogP contribution >= 0.6 is 0 Å². The molecule has 27 heavy (non-hydrogen) atoms. The minimum Gasteiger partial charge on any atom is -0.481 e. The van der Waals surface area contributed by atoms with Crippen molar-refractivity contribution in [1.82, 2.24) is 0 Å². The number of aliphatic hydroxyl groups excluding tert-OH is 1. The molecule has 0 radical (unpaired) electrons. The largest absolute Gasteiger partial charge is 0.481 e. The third kappa shape index (κ3) is 5.47. The van der Waals surface area contributed by atoms with E-state index in [0.717, 1.165) is 0 Å². The smallest absolute Gasteiger partial charge is 0.305 e. The Labute approximate surface area is 157 Å². The SMILES string of the molecule is CC(C)C1CC(=O)N(c2ccc(F)cc2)C1C=CC(=O)C[C@@H](O)CC(=O)O. The maximum Gasteiger partial charge on any atom is 0.305 e. The van der Waals surface area contributed by atoms with Crippen molar-refractivity contribution < 1.29 is 29.0 Å². The van der Waals surface area contributed by atoms with E-state index in [1.54, 1.807) is 11.0 Å². The number of carboxylic acid groups (broad SMARTS) is 1. The molecular formula is C20H24FNO5. The molecule has 0 aliphatic carbocycles. The van der Waals surface area contributed by atoms with Crippen molar-refractivity contribution >= 4 is 23.3 Å². The first-order valence-electron chi connectivity index (χ1n) is 8.87. The number of carbonyl (C=O) groups is 3. The van der Waals surface area contributed by atoms with E-state index in [0.29, 0.717) is 12.1 Å². The molecule has 2 unspecified atom stereocenters. The molecule has 1 aromatic carbocycles. The van der Waals surface area contributed by atoms with Gasteiger partial charge in [-0.3, -0.25) is 14.4 Å². The molecule has 1 aliphatic rings. The van der Waals surface area contributed by atoms with Crippen molar-refractivity contribution in [3.63, 3.8) is 0 Å². The first-order valence-corrected chi connectivity index (χ1v) is 8.87. The van der Waals surface area contributed by atoms with E-state index in [-0.39, 0.29) is 30.2 Å². The Kier molecular flexibility index (Phi) is 6.85. The number of carbonyl (C=O) groups excluding carboxylic acids is 2. The molecule has 0 aromatic heterocycles. The number of carboxylic acids is 1. The first-order chi connectivity index (χ1) is 12.7. The Balaban J connectivity index is 2.19. The number of ketones is 1. The lowest BCUT2D eigenvalue weighted by Crippen LogP contribution is -2.35. The summed E-state index contributed by atoms with van der Waals surface area (Å²) in [5.74, 6) is -1.93. The van der Waals surface area contributed by atoms with Crippen LogP contribution in [0, 0.1) is 17.7 Å². The summed E-state index contributed by atoms with van der Waals surface area (Å²) in [4.78, 5) is 36.7. The highest BCUT2D eigenvalue weighted by molar-refractivity contribution is 5.98. The van der Waals surface area contributed by atoms with Gasteiger partial charge in [0.15, 0.2) is 5.78 Å². The Hall–Kier alpha value is -2.54. The van der Waals surface area contributed by atoms with Crippen LogP contribution in [0.2, 0.25) is 0 Å². The van der Waals surface area contributed by atoms with Gasteiger partial charge in [-0.05, 0) is 42.2 Å². The number of aliphatic hydroxyl groups is 1. The van der Waals surface area contributed by atoms with Gasteiger partial charge >= 0.3 is 5.97 Å². The number of allylic oxidation sites excluding steroid dienone is 1. The fourth-order valence-electron chi connectivity index (χ4n) is 3.34. The standard InChI is InChI=1S/C20H24FNO5/c1-12(2)17-11-19(25)22(14-5-3-13(21)4-6-14)18(17)8-7-15(23)9-16(24)10-20(26)27/h3-8,12,16-18,24H,9-11H2,1-2H3,(H,26,27)/t16-,17?,18?/m1/s1. The zero-order chi connectivity index (χ0) is 20.1. The molecule has 0 spiro atoms. The fourth-order valence-corrected chi connectivity index (χ4v) is 3.34. The summed E-state index contributed by atoms with van der Waals surface area (Å²) < 4.78 is 13.2. The monoisotopic (exact) mass is 377 g/mol. The van der Waals surface area contributed by atoms with Crippen LogP contribution < -0.4 is 4.90 Å². The average molecular weight is 377 g/mol. The molecule has 1 aromatic rings. The van der Waals surface area contributed by atoms with Crippen molar-refractivity contribution in [2.45, 2.75) is 45.3 Å². The number of rotatable bonds is 8. The van der Waals surface area contributed by atoms with Crippen molar-refractivity contribution in [3.8, 4) is 0 Å².